The van der Waals surface area contributed by atoms with Crippen LogP contribution in [0.4, 0.5) is 5.69 Å². The van der Waals surface area contributed by atoms with Crippen LogP contribution in [0.5, 0.6) is 5.75 Å². The lowest BCUT2D eigenvalue weighted by molar-refractivity contribution is -0.141. The van der Waals surface area contributed by atoms with Gasteiger partial charge in [-0.15, -0.1) is 0 Å². The van der Waals surface area contributed by atoms with E-state index in [0.29, 0.717) is 19.6 Å². The highest BCUT2D eigenvalue weighted by Gasteiger charge is 2.23. The van der Waals surface area contributed by atoms with E-state index in [1.165, 1.54) is 0 Å². The van der Waals surface area contributed by atoms with Crippen LogP contribution in [0.1, 0.15) is 16.7 Å². The molecule has 3 aromatic carbocycles. The molecule has 1 saturated heterocycles. The molecule has 2 N–H and O–H groups in total. The minimum Gasteiger partial charge on any atom is -0.497 e. The summed E-state index contributed by atoms with van der Waals surface area (Å²) in [5.74, 6) is 0.614. The summed E-state index contributed by atoms with van der Waals surface area (Å²) in [5.41, 5.74) is 6.22. The lowest BCUT2D eigenvalue weighted by Gasteiger charge is -2.28. The number of rotatable bonds is 8. The van der Waals surface area contributed by atoms with E-state index in [-0.39, 0.29) is 24.9 Å². The summed E-state index contributed by atoms with van der Waals surface area (Å²) in [6.07, 6.45) is 1.70. The Labute approximate surface area is 203 Å². The third-order valence-corrected chi connectivity index (χ3v) is 6.14. The summed E-state index contributed by atoms with van der Waals surface area (Å²) >= 11 is 0. The van der Waals surface area contributed by atoms with E-state index in [1.54, 1.807) is 18.3 Å². The molecule has 2 amide bonds. The lowest BCUT2D eigenvalue weighted by Crippen LogP contribution is -2.51. The molecule has 0 saturated carbocycles. The molecule has 0 bridgehead atoms. The number of methoxy groups -OCH3 is 1. The zero-order valence-corrected chi connectivity index (χ0v) is 19.5. The molecular weight excluding hydrogens is 442 g/mol. The van der Waals surface area contributed by atoms with Crippen molar-refractivity contribution in [3.05, 3.63) is 89.7 Å². The molecular formula is C27H27N5O3. The maximum absolute atomic E-state index is 12.3. The van der Waals surface area contributed by atoms with E-state index in [1.807, 2.05) is 36.4 Å². The number of aromatic amines is 1. The van der Waals surface area contributed by atoms with Crippen molar-refractivity contribution < 1.29 is 14.3 Å². The number of imidazole rings is 1. The molecule has 1 aromatic heterocycles. The average Bonchev–Trinajstić information content (AvgIpc) is 3.34. The summed E-state index contributed by atoms with van der Waals surface area (Å²) in [5, 5.41) is 2.60. The molecule has 0 spiro atoms. The van der Waals surface area contributed by atoms with Crippen LogP contribution >= 0.6 is 0 Å². The second-order valence-electron chi connectivity index (χ2n) is 8.66. The van der Waals surface area contributed by atoms with Crippen LogP contribution in [0, 0.1) is 0 Å². The van der Waals surface area contributed by atoms with Crippen LogP contribution < -0.4 is 15.0 Å². The number of amides is 2. The standard InChI is InChI=1S/C27H27N5O3/c1-35-23-7-3-5-20(11-23)14-31(15-21-8-9-24-25(12-21)30-18-29-24)22-6-2-4-19(10-22)16-32-17-26(33)28-13-27(32)34/h2-12,18H,13-17H2,1H3,(H,28,33)(H,29,30). The van der Waals surface area contributed by atoms with E-state index < -0.39 is 0 Å². The van der Waals surface area contributed by atoms with Gasteiger partial charge in [-0.25, -0.2) is 4.98 Å². The number of fused-ring (bicyclic) bond motifs is 1. The van der Waals surface area contributed by atoms with Crippen molar-refractivity contribution in [1.82, 2.24) is 20.2 Å². The number of nitrogens with one attached hydrogen (secondary N) is 2. The van der Waals surface area contributed by atoms with Crippen LogP contribution in [-0.4, -0.2) is 46.9 Å². The van der Waals surface area contributed by atoms with Gasteiger partial charge in [0.15, 0.2) is 0 Å². The first kappa shape index (κ1) is 22.5. The fraction of sp³-hybridized carbons (Fsp3) is 0.222. The van der Waals surface area contributed by atoms with Crippen LogP contribution in [0.2, 0.25) is 0 Å². The molecule has 8 heteroatoms. The molecule has 5 rings (SSSR count). The van der Waals surface area contributed by atoms with Gasteiger partial charge in [0, 0.05) is 25.3 Å². The van der Waals surface area contributed by atoms with Gasteiger partial charge in [-0.05, 0) is 53.1 Å². The average molecular weight is 470 g/mol. The van der Waals surface area contributed by atoms with Crippen molar-refractivity contribution in [2.24, 2.45) is 0 Å². The highest BCUT2D eigenvalue weighted by atomic mass is 16.5. The number of H-pyrrole nitrogens is 1. The molecule has 8 nitrogen and oxygen atoms in total. The van der Waals surface area contributed by atoms with Crippen LogP contribution in [-0.2, 0) is 29.2 Å². The highest BCUT2D eigenvalue weighted by Crippen LogP contribution is 2.25. The summed E-state index contributed by atoms with van der Waals surface area (Å²) in [4.78, 5) is 35.4. The van der Waals surface area contributed by atoms with Gasteiger partial charge in [-0.3, -0.25) is 9.59 Å². The van der Waals surface area contributed by atoms with Crippen molar-refractivity contribution in [2.75, 3.05) is 25.1 Å². The van der Waals surface area contributed by atoms with E-state index in [0.717, 1.165) is 39.2 Å². The van der Waals surface area contributed by atoms with Crippen molar-refractivity contribution in [1.29, 1.82) is 0 Å². The Morgan fingerprint density at radius 1 is 0.971 bits per heavy atom. The molecule has 2 heterocycles. The zero-order chi connectivity index (χ0) is 24.2. The highest BCUT2D eigenvalue weighted by molar-refractivity contribution is 5.92. The number of carbonyl (C=O) groups excluding carboxylic acids is 2. The monoisotopic (exact) mass is 469 g/mol. The van der Waals surface area contributed by atoms with Crippen LogP contribution in [0.25, 0.3) is 11.0 Å². The van der Waals surface area contributed by atoms with Gasteiger partial charge >= 0.3 is 0 Å². The number of ether oxygens (including phenoxy) is 1. The van der Waals surface area contributed by atoms with Gasteiger partial charge in [0.05, 0.1) is 37.6 Å². The van der Waals surface area contributed by atoms with Crippen molar-refractivity contribution in [3.63, 3.8) is 0 Å². The van der Waals surface area contributed by atoms with E-state index >= 15 is 0 Å². The fourth-order valence-corrected chi connectivity index (χ4v) is 4.35. The van der Waals surface area contributed by atoms with Crippen LogP contribution in [0.3, 0.4) is 0 Å². The molecule has 0 radical (unpaired) electrons. The van der Waals surface area contributed by atoms with Crippen LogP contribution in [0.15, 0.2) is 73.1 Å². The predicted octanol–water partition coefficient (Wildman–Crippen LogP) is 3.24. The SMILES string of the molecule is COc1cccc(CN(Cc2ccc3nc[nH]c3c2)c2cccc(CN3CC(=O)NCC3=O)c2)c1. The zero-order valence-electron chi connectivity index (χ0n) is 19.5. The Morgan fingerprint density at radius 2 is 1.77 bits per heavy atom. The second kappa shape index (κ2) is 9.89. The third-order valence-electron chi connectivity index (χ3n) is 6.14. The number of carbonyl (C=O) groups is 2. The molecule has 1 aliphatic heterocycles. The Hall–Kier alpha value is -4.33. The van der Waals surface area contributed by atoms with E-state index in [2.05, 4.69) is 50.5 Å². The number of hydrogen-bond acceptors (Lipinski definition) is 5. The fourth-order valence-electron chi connectivity index (χ4n) is 4.35. The molecule has 1 fully saturated rings. The maximum atomic E-state index is 12.3. The first-order valence-electron chi connectivity index (χ1n) is 11.5. The summed E-state index contributed by atoms with van der Waals surface area (Å²) in [7, 11) is 1.67. The van der Waals surface area contributed by atoms with E-state index in [9.17, 15) is 9.59 Å². The number of nitrogens with zero attached hydrogens (tertiary/aromatic N) is 3. The summed E-state index contributed by atoms with van der Waals surface area (Å²) < 4.78 is 5.42. The van der Waals surface area contributed by atoms with Gasteiger partial charge in [0.2, 0.25) is 11.8 Å². The number of piperazine rings is 1. The molecule has 0 atom stereocenters. The first-order chi connectivity index (χ1) is 17.1. The predicted molar refractivity (Wildman–Crippen MR) is 134 cm³/mol. The largest absolute Gasteiger partial charge is 0.497 e. The smallest absolute Gasteiger partial charge is 0.242 e. The minimum absolute atomic E-state index is 0.0522. The Kier molecular flexibility index (Phi) is 6.34. The van der Waals surface area contributed by atoms with Crippen molar-refractivity contribution in [3.8, 4) is 5.75 Å². The lowest BCUT2D eigenvalue weighted by atomic mass is 10.1. The molecule has 35 heavy (non-hydrogen) atoms. The normalized spacial score (nSPS) is 13.7. The molecule has 4 aromatic rings. The van der Waals surface area contributed by atoms with Crippen molar-refractivity contribution in [2.45, 2.75) is 19.6 Å². The summed E-state index contributed by atoms with van der Waals surface area (Å²) in [6, 6.07) is 22.4. The number of benzene rings is 3. The number of anilines is 1. The topological polar surface area (TPSA) is 90.6 Å². The third kappa shape index (κ3) is 5.27. The van der Waals surface area contributed by atoms with Gasteiger partial charge in [0.25, 0.3) is 0 Å². The minimum atomic E-state index is -0.130. The molecule has 0 aliphatic carbocycles. The molecule has 1 aliphatic rings. The van der Waals surface area contributed by atoms with Gasteiger partial charge in [0.1, 0.15) is 5.75 Å². The second-order valence-corrected chi connectivity index (χ2v) is 8.66. The van der Waals surface area contributed by atoms with Gasteiger partial charge in [-0.1, -0.05) is 30.3 Å². The summed E-state index contributed by atoms with van der Waals surface area (Å²) in [6.45, 7) is 1.89. The van der Waals surface area contributed by atoms with Crippen molar-refractivity contribution >= 4 is 28.5 Å². The number of aromatic nitrogens is 2. The number of hydrogen-bond donors (Lipinski definition) is 2. The maximum Gasteiger partial charge on any atom is 0.242 e. The molecule has 0 unspecified atom stereocenters. The quantitative estimate of drug-likeness (QED) is 0.414. The molecule has 178 valence electrons. The first-order valence-corrected chi connectivity index (χ1v) is 11.5. The van der Waals surface area contributed by atoms with Gasteiger partial charge in [-0.2, -0.15) is 0 Å². The Bertz CT molecular complexity index is 1370. The Balaban J connectivity index is 1.43. The van der Waals surface area contributed by atoms with Gasteiger partial charge < -0.3 is 24.8 Å². The van der Waals surface area contributed by atoms with E-state index in [4.69, 9.17) is 4.74 Å². The Morgan fingerprint density at radius 3 is 2.63 bits per heavy atom.